The predicted molar refractivity (Wildman–Crippen MR) is 85.3 cm³/mol. The van der Waals surface area contributed by atoms with Gasteiger partial charge in [-0.25, -0.2) is 0 Å². The highest BCUT2D eigenvalue weighted by atomic mass is 16.1. The standard InChI is InChI=1S/C17H15N3O/c1-11-6-7-19-10-16(11)20-17(21)14-8-12-4-2-3-5-13(12)9-15(14)18/h2-10H,18H2,1H3,(H,20,21). The second-order valence-electron chi connectivity index (χ2n) is 4.93. The Morgan fingerprint density at radius 2 is 1.86 bits per heavy atom. The Balaban J connectivity index is 1.98. The average Bonchev–Trinajstić information content (AvgIpc) is 2.49. The van der Waals surface area contributed by atoms with Crippen molar-refractivity contribution in [2.45, 2.75) is 6.92 Å². The van der Waals surface area contributed by atoms with E-state index >= 15 is 0 Å². The molecule has 4 heteroatoms. The summed E-state index contributed by atoms with van der Waals surface area (Å²) in [6.07, 6.45) is 3.32. The number of nitrogens with zero attached hydrogens (tertiary/aromatic N) is 1. The fourth-order valence-corrected chi connectivity index (χ4v) is 2.24. The quantitative estimate of drug-likeness (QED) is 0.706. The molecule has 2 aromatic carbocycles. The minimum atomic E-state index is -0.227. The lowest BCUT2D eigenvalue weighted by atomic mass is 10.0. The van der Waals surface area contributed by atoms with Gasteiger partial charge in [-0.05, 0) is 41.5 Å². The number of nitrogen functional groups attached to an aromatic ring is 1. The van der Waals surface area contributed by atoms with Gasteiger partial charge in [-0.2, -0.15) is 0 Å². The second-order valence-corrected chi connectivity index (χ2v) is 4.93. The van der Waals surface area contributed by atoms with Crippen LogP contribution in [0, 0.1) is 6.92 Å². The molecule has 0 unspecified atom stereocenters. The predicted octanol–water partition coefficient (Wildman–Crippen LogP) is 3.38. The van der Waals surface area contributed by atoms with Crippen LogP contribution >= 0.6 is 0 Å². The van der Waals surface area contributed by atoms with Crippen LogP contribution in [0.5, 0.6) is 0 Å². The molecule has 3 N–H and O–H groups in total. The van der Waals surface area contributed by atoms with E-state index in [-0.39, 0.29) is 5.91 Å². The third kappa shape index (κ3) is 2.56. The lowest BCUT2D eigenvalue weighted by molar-refractivity contribution is 0.102. The number of hydrogen-bond acceptors (Lipinski definition) is 3. The summed E-state index contributed by atoms with van der Waals surface area (Å²) in [6, 6.07) is 13.3. The molecule has 0 spiro atoms. The molecule has 0 radical (unpaired) electrons. The summed E-state index contributed by atoms with van der Waals surface area (Å²) in [7, 11) is 0. The number of aryl methyl sites for hydroxylation is 1. The molecule has 1 amide bonds. The van der Waals surface area contributed by atoms with Crippen LogP contribution in [0.2, 0.25) is 0 Å². The molecule has 0 saturated carbocycles. The Labute approximate surface area is 122 Å². The Hall–Kier alpha value is -2.88. The van der Waals surface area contributed by atoms with Gasteiger partial charge in [0.1, 0.15) is 0 Å². The van der Waals surface area contributed by atoms with Crippen LogP contribution in [0.1, 0.15) is 15.9 Å². The number of pyridine rings is 1. The molecular formula is C17H15N3O. The molecule has 0 atom stereocenters. The molecule has 0 aliphatic carbocycles. The van der Waals surface area contributed by atoms with E-state index in [0.29, 0.717) is 16.9 Å². The summed E-state index contributed by atoms with van der Waals surface area (Å²) in [5, 5.41) is 4.85. The molecule has 4 nitrogen and oxygen atoms in total. The first-order chi connectivity index (χ1) is 10.1. The summed E-state index contributed by atoms with van der Waals surface area (Å²) in [6.45, 7) is 1.92. The van der Waals surface area contributed by atoms with Crippen LogP contribution in [-0.4, -0.2) is 10.9 Å². The van der Waals surface area contributed by atoms with Gasteiger partial charge in [0.15, 0.2) is 0 Å². The molecule has 0 aliphatic rings. The van der Waals surface area contributed by atoms with Crippen molar-refractivity contribution in [2.24, 2.45) is 0 Å². The third-order valence-electron chi connectivity index (χ3n) is 3.45. The Morgan fingerprint density at radius 3 is 2.57 bits per heavy atom. The van der Waals surface area contributed by atoms with E-state index in [1.165, 1.54) is 0 Å². The van der Waals surface area contributed by atoms with Gasteiger partial charge >= 0.3 is 0 Å². The van der Waals surface area contributed by atoms with Gasteiger partial charge in [0.25, 0.3) is 5.91 Å². The van der Waals surface area contributed by atoms with Crippen LogP contribution in [0.15, 0.2) is 54.9 Å². The highest BCUT2D eigenvalue weighted by molar-refractivity contribution is 6.10. The molecule has 0 aliphatic heterocycles. The Morgan fingerprint density at radius 1 is 1.14 bits per heavy atom. The van der Waals surface area contributed by atoms with E-state index in [4.69, 9.17) is 5.73 Å². The third-order valence-corrected chi connectivity index (χ3v) is 3.45. The van der Waals surface area contributed by atoms with Gasteiger partial charge in [0.05, 0.1) is 17.4 Å². The zero-order valence-corrected chi connectivity index (χ0v) is 11.6. The number of carbonyl (C=O) groups is 1. The van der Waals surface area contributed by atoms with Gasteiger partial charge in [-0.15, -0.1) is 0 Å². The number of nitrogens with two attached hydrogens (primary N) is 1. The lowest BCUT2D eigenvalue weighted by Gasteiger charge is -2.10. The first kappa shape index (κ1) is 13.1. The van der Waals surface area contributed by atoms with Crippen LogP contribution in [0.4, 0.5) is 11.4 Å². The van der Waals surface area contributed by atoms with E-state index in [0.717, 1.165) is 16.3 Å². The first-order valence-corrected chi connectivity index (χ1v) is 6.65. The monoisotopic (exact) mass is 277 g/mol. The van der Waals surface area contributed by atoms with Crippen molar-refractivity contribution in [2.75, 3.05) is 11.1 Å². The topological polar surface area (TPSA) is 68.0 Å². The molecule has 1 heterocycles. The maximum Gasteiger partial charge on any atom is 0.257 e. The SMILES string of the molecule is Cc1ccncc1NC(=O)c1cc2ccccc2cc1N. The fourth-order valence-electron chi connectivity index (χ4n) is 2.24. The van der Waals surface area contributed by atoms with E-state index < -0.39 is 0 Å². The molecule has 21 heavy (non-hydrogen) atoms. The highest BCUT2D eigenvalue weighted by Crippen LogP contribution is 2.23. The van der Waals surface area contributed by atoms with Crippen molar-refractivity contribution in [1.29, 1.82) is 0 Å². The number of carbonyl (C=O) groups excluding carboxylic acids is 1. The van der Waals surface area contributed by atoms with Crippen molar-refractivity contribution in [3.05, 3.63) is 66.0 Å². The van der Waals surface area contributed by atoms with E-state index in [1.807, 2.05) is 49.4 Å². The summed E-state index contributed by atoms with van der Waals surface area (Å²) in [5.74, 6) is -0.227. The summed E-state index contributed by atoms with van der Waals surface area (Å²) in [5.41, 5.74) is 8.58. The van der Waals surface area contributed by atoms with Crippen LogP contribution < -0.4 is 11.1 Å². The number of amides is 1. The van der Waals surface area contributed by atoms with Crippen molar-refractivity contribution in [3.8, 4) is 0 Å². The van der Waals surface area contributed by atoms with Crippen molar-refractivity contribution in [3.63, 3.8) is 0 Å². The molecular weight excluding hydrogens is 262 g/mol. The fraction of sp³-hybridized carbons (Fsp3) is 0.0588. The highest BCUT2D eigenvalue weighted by Gasteiger charge is 2.12. The molecule has 3 aromatic rings. The molecule has 3 rings (SSSR count). The van der Waals surface area contributed by atoms with Gasteiger partial charge in [0, 0.05) is 11.9 Å². The largest absolute Gasteiger partial charge is 0.398 e. The van der Waals surface area contributed by atoms with Gasteiger partial charge in [-0.1, -0.05) is 24.3 Å². The van der Waals surface area contributed by atoms with E-state index in [1.54, 1.807) is 12.4 Å². The smallest absolute Gasteiger partial charge is 0.257 e. The van der Waals surface area contributed by atoms with Gasteiger partial charge in [0.2, 0.25) is 0 Å². The number of aromatic nitrogens is 1. The second kappa shape index (κ2) is 5.25. The minimum Gasteiger partial charge on any atom is -0.398 e. The Kier molecular flexibility index (Phi) is 3.28. The van der Waals surface area contributed by atoms with Gasteiger partial charge < -0.3 is 11.1 Å². The van der Waals surface area contributed by atoms with Crippen LogP contribution in [0.3, 0.4) is 0 Å². The summed E-state index contributed by atoms with van der Waals surface area (Å²) < 4.78 is 0. The maximum absolute atomic E-state index is 12.4. The molecule has 0 fully saturated rings. The number of benzene rings is 2. The van der Waals surface area contributed by atoms with Gasteiger partial charge in [-0.3, -0.25) is 9.78 Å². The zero-order valence-electron chi connectivity index (χ0n) is 11.6. The maximum atomic E-state index is 12.4. The molecule has 104 valence electrons. The van der Waals surface area contributed by atoms with Crippen molar-refractivity contribution in [1.82, 2.24) is 4.98 Å². The molecule has 0 bridgehead atoms. The number of fused-ring (bicyclic) bond motifs is 1. The molecule has 0 saturated heterocycles. The summed E-state index contributed by atoms with van der Waals surface area (Å²) >= 11 is 0. The first-order valence-electron chi connectivity index (χ1n) is 6.65. The van der Waals surface area contributed by atoms with Crippen LogP contribution in [-0.2, 0) is 0 Å². The van der Waals surface area contributed by atoms with Crippen LogP contribution in [0.25, 0.3) is 10.8 Å². The number of rotatable bonds is 2. The van der Waals surface area contributed by atoms with E-state index in [2.05, 4.69) is 10.3 Å². The zero-order chi connectivity index (χ0) is 14.8. The number of hydrogen-bond donors (Lipinski definition) is 2. The van der Waals surface area contributed by atoms with Crippen molar-refractivity contribution >= 4 is 28.1 Å². The normalized spacial score (nSPS) is 10.5. The average molecular weight is 277 g/mol. The number of nitrogens with one attached hydrogen (secondary N) is 1. The number of anilines is 2. The lowest BCUT2D eigenvalue weighted by Crippen LogP contribution is -2.15. The van der Waals surface area contributed by atoms with E-state index in [9.17, 15) is 4.79 Å². The summed E-state index contributed by atoms with van der Waals surface area (Å²) in [4.78, 5) is 16.4. The minimum absolute atomic E-state index is 0.227. The Bertz CT molecular complexity index is 827. The molecule has 1 aromatic heterocycles. The van der Waals surface area contributed by atoms with Crippen molar-refractivity contribution < 1.29 is 4.79 Å².